The summed E-state index contributed by atoms with van der Waals surface area (Å²) in [6.07, 6.45) is 7.48. The van der Waals surface area contributed by atoms with Crippen molar-refractivity contribution in [1.29, 1.82) is 0 Å². The Morgan fingerprint density at radius 2 is 1.43 bits per heavy atom. The van der Waals surface area contributed by atoms with E-state index in [9.17, 15) is 9.59 Å². The number of esters is 1. The molecule has 0 N–H and O–H groups in total. The molecule has 0 unspecified atom stereocenters. The number of amides is 1. The molecular formula is C17H17N3O3. The van der Waals surface area contributed by atoms with Crippen LogP contribution in [0.5, 0.6) is 0 Å². The fourth-order valence-corrected chi connectivity index (χ4v) is 2.56. The van der Waals surface area contributed by atoms with Gasteiger partial charge in [0.2, 0.25) is 0 Å². The van der Waals surface area contributed by atoms with E-state index in [0.717, 1.165) is 0 Å². The normalized spacial score (nSPS) is 15.2. The van der Waals surface area contributed by atoms with Gasteiger partial charge in [-0.2, -0.15) is 0 Å². The van der Waals surface area contributed by atoms with Gasteiger partial charge in [0.05, 0.1) is 5.56 Å². The molecule has 6 heteroatoms. The summed E-state index contributed by atoms with van der Waals surface area (Å²) in [6, 6.07) is 6.67. The summed E-state index contributed by atoms with van der Waals surface area (Å²) in [7, 11) is 0. The Hall–Kier alpha value is -2.76. The standard InChI is InChI=1S/C17H17N3O3/c21-16(13-1-7-18-8-2-13)20-11-5-15(6-12-20)23-17(22)14-3-9-19-10-4-14/h1-4,7-10,15H,5-6,11-12H2. The molecule has 1 aliphatic heterocycles. The molecule has 0 aromatic carbocycles. The second-order valence-corrected chi connectivity index (χ2v) is 5.37. The highest BCUT2D eigenvalue weighted by atomic mass is 16.5. The average Bonchev–Trinajstić information content (AvgIpc) is 2.63. The lowest BCUT2D eigenvalue weighted by Crippen LogP contribution is -2.41. The third kappa shape index (κ3) is 3.71. The van der Waals surface area contributed by atoms with Gasteiger partial charge < -0.3 is 9.64 Å². The molecular weight excluding hydrogens is 294 g/mol. The molecule has 1 fully saturated rings. The minimum absolute atomic E-state index is 0.00805. The predicted octanol–water partition coefficient (Wildman–Crippen LogP) is 1.94. The molecule has 118 valence electrons. The first kappa shape index (κ1) is 15.1. The van der Waals surface area contributed by atoms with Crippen molar-refractivity contribution in [2.75, 3.05) is 13.1 Å². The number of pyridine rings is 2. The second kappa shape index (κ2) is 7.00. The van der Waals surface area contributed by atoms with Gasteiger partial charge in [-0.15, -0.1) is 0 Å². The number of likely N-dealkylation sites (tertiary alicyclic amines) is 1. The zero-order valence-electron chi connectivity index (χ0n) is 12.6. The van der Waals surface area contributed by atoms with Crippen LogP contribution in [-0.4, -0.2) is 45.9 Å². The van der Waals surface area contributed by atoms with Crippen molar-refractivity contribution < 1.29 is 14.3 Å². The maximum atomic E-state index is 12.3. The van der Waals surface area contributed by atoms with Gasteiger partial charge in [-0.05, 0) is 24.3 Å². The molecule has 3 heterocycles. The number of aromatic nitrogens is 2. The molecule has 0 atom stereocenters. The van der Waals surface area contributed by atoms with Crippen LogP contribution in [0.2, 0.25) is 0 Å². The number of carbonyl (C=O) groups excluding carboxylic acids is 2. The van der Waals surface area contributed by atoms with Crippen LogP contribution in [0.25, 0.3) is 0 Å². The Bertz CT molecular complexity index is 668. The summed E-state index contributed by atoms with van der Waals surface area (Å²) in [5, 5.41) is 0. The van der Waals surface area contributed by atoms with Gasteiger partial charge in [0.15, 0.2) is 0 Å². The first-order valence-corrected chi connectivity index (χ1v) is 7.54. The SMILES string of the molecule is O=C(OC1CCN(C(=O)c2ccncc2)CC1)c1ccncc1. The number of piperidine rings is 1. The van der Waals surface area contributed by atoms with Crippen LogP contribution in [0.3, 0.4) is 0 Å². The quantitative estimate of drug-likeness (QED) is 0.810. The van der Waals surface area contributed by atoms with Crippen LogP contribution in [0, 0.1) is 0 Å². The lowest BCUT2D eigenvalue weighted by molar-refractivity contribution is 0.0120. The highest BCUT2D eigenvalue weighted by Gasteiger charge is 2.26. The minimum Gasteiger partial charge on any atom is -0.459 e. The summed E-state index contributed by atoms with van der Waals surface area (Å²) in [5.74, 6) is -0.349. The molecule has 1 aliphatic rings. The van der Waals surface area contributed by atoms with E-state index in [1.54, 1.807) is 54.0 Å². The van der Waals surface area contributed by atoms with Gasteiger partial charge in [0.1, 0.15) is 6.10 Å². The highest BCUT2D eigenvalue weighted by Crippen LogP contribution is 2.17. The van der Waals surface area contributed by atoms with Crippen LogP contribution >= 0.6 is 0 Å². The molecule has 6 nitrogen and oxygen atoms in total. The molecule has 0 aliphatic carbocycles. The Morgan fingerprint density at radius 1 is 0.913 bits per heavy atom. The zero-order chi connectivity index (χ0) is 16.1. The van der Waals surface area contributed by atoms with Crippen molar-refractivity contribution in [3.8, 4) is 0 Å². The molecule has 2 aromatic rings. The molecule has 0 saturated carbocycles. The van der Waals surface area contributed by atoms with Gasteiger partial charge in [0.25, 0.3) is 5.91 Å². The Kier molecular flexibility index (Phi) is 4.61. The van der Waals surface area contributed by atoms with Gasteiger partial charge in [-0.25, -0.2) is 4.79 Å². The van der Waals surface area contributed by atoms with Gasteiger partial charge in [-0.3, -0.25) is 14.8 Å². The maximum Gasteiger partial charge on any atom is 0.338 e. The number of carbonyl (C=O) groups is 2. The molecule has 0 radical (unpaired) electrons. The predicted molar refractivity (Wildman–Crippen MR) is 82.8 cm³/mol. The number of hydrogen-bond acceptors (Lipinski definition) is 5. The molecule has 23 heavy (non-hydrogen) atoms. The van der Waals surface area contributed by atoms with Crippen LogP contribution in [0.15, 0.2) is 49.1 Å². The second-order valence-electron chi connectivity index (χ2n) is 5.37. The molecule has 0 spiro atoms. The van der Waals surface area contributed by atoms with Crippen molar-refractivity contribution >= 4 is 11.9 Å². The van der Waals surface area contributed by atoms with Crippen molar-refractivity contribution in [3.05, 3.63) is 60.2 Å². The fraction of sp³-hybridized carbons (Fsp3) is 0.294. The number of rotatable bonds is 3. The lowest BCUT2D eigenvalue weighted by Gasteiger charge is -2.31. The van der Waals surface area contributed by atoms with E-state index in [-0.39, 0.29) is 18.0 Å². The Morgan fingerprint density at radius 3 is 2.00 bits per heavy atom. The summed E-state index contributed by atoms with van der Waals surface area (Å²) in [4.78, 5) is 33.9. The third-order valence-electron chi connectivity index (χ3n) is 3.85. The number of nitrogens with zero attached hydrogens (tertiary/aromatic N) is 3. The molecule has 1 amide bonds. The monoisotopic (exact) mass is 311 g/mol. The maximum absolute atomic E-state index is 12.3. The van der Waals surface area contributed by atoms with Crippen LogP contribution in [0.4, 0.5) is 0 Å². The number of hydrogen-bond donors (Lipinski definition) is 0. The summed E-state index contributed by atoms with van der Waals surface area (Å²) in [6.45, 7) is 1.16. The van der Waals surface area contributed by atoms with E-state index in [0.29, 0.717) is 37.1 Å². The summed E-state index contributed by atoms with van der Waals surface area (Å²) in [5.41, 5.74) is 1.13. The molecule has 1 saturated heterocycles. The lowest BCUT2D eigenvalue weighted by atomic mass is 10.1. The minimum atomic E-state index is -0.341. The van der Waals surface area contributed by atoms with Gasteiger partial charge in [0, 0.05) is 56.3 Å². The Labute approximate surface area is 134 Å². The van der Waals surface area contributed by atoms with E-state index in [1.165, 1.54) is 0 Å². The van der Waals surface area contributed by atoms with E-state index < -0.39 is 0 Å². The first-order valence-electron chi connectivity index (χ1n) is 7.54. The Balaban J connectivity index is 1.53. The van der Waals surface area contributed by atoms with Gasteiger partial charge in [-0.1, -0.05) is 0 Å². The van der Waals surface area contributed by atoms with E-state index in [2.05, 4.69) is 9.97 Å². The molecule has 0 bridgehead atoms. The van der Waals surface area contributed by atoms with E-state index in [1.807, 2.05) is 0 Å². The largest absolute Gasteiger partial charge is 0.459 e. The first-order chi connectivity index (χ1) is 11.2. The van der Waals surface area contributed by atoms with Crippen LogP contribution in [0.1, 0.15) is 33.6 Å². The molecule has 2 aromatic heterocycles. The third-order valence-corrected chi connectivity index (χ3v) is 3.85. The van der Waals surface area contributed by atoms with Crippen molar-refractivity contribution in [2.45, 2.75) is 18.9 Å². The average molecular weight is 311 g/mol. The van der Waals surface area contributed by atoms with Crippen molar-refractivity contribution in [2.24, 2.45) is 0 Å². The number of ether oxygens (including phenoxy) is 1. The van der Waals surface area contributed by atoms with Crippen LogP contribution in [-0.2, 0) is 4.74 Å². The van der Waals surface area contributed by atoms with Crippen LogP contribution < -0.4 is 0 Å². The fourth-order valence-electron chi connectivity index (χ4n) is 2.56. The smallest absolute Gasteiger partial charge is 0.338 e. The van der Waals surface area contributed by atoms with E-state index in [4.69, 9.17) is 4.74 Å². The van der Waals surface area contributed by atoms with Crippen molar-refractivity contribution in [1.82, 2.24) is 14.9 Å². The summed E-state index contributed by atoms with van der Waals surface area (Å²) >= 11 is 0. The topological polar surface area (TPSA) is 72.4 Å². The zero-order valence-corrected chi connectivity index (χ0v) is 12.6. The van der Waals surface area contributed by atoms with Crippen molar-refractivity contribution in [3.63, 3.8) is 0 Å². The highest BCUT2D eigenvalue weighted by molar-refractivity contribution is 5.94. The summed E-state index contributed by atoms with van der Waals surface area (Å²) < 4.78 is 5.50. The molecule has 3 rings (SSSR count). The van der Waals surface area contributed by atoms with Gasteiger partial charge >= 0.3 is 5.97 Å². The van der Waals surface area contributed by atoms with E-state index >= 15 is 0 Å².